The molecule has 376 valence electrons. The Hall–Kier alpha value is -8.26. The van der Waals surface area contributed by atoms with Crippen LogP contribution >= 0.6 is 11.3 Å². The normalized spacial score (nSPS) is 10.5. The maximum Gasteiger partial charge on any atom is 0.291 e. The first-order chi connectivity index (χ1) is 33.8. The molecule has 7 rings (SSSR count). The number of aromatic nitrogens is 3. The number of nitrogens with two attached hydrogens (primary N) is 2. The number of nitrogens with one attached hydrogen (secondary N) is 7. The molecule has 0 radical (unpaired) electrons. The number of aromatic amines is 2. The Labute approximate surface area is 417 Å². The Morgan fingerprint density at radius 1 is 0.789 bits per heavy atom. The van der Waals surface area contributed by atoms with E-state index in [1.165, 1.54) is 53.1 Å². The smallest absolute Gasteiger partial charge is 0.291 e. The van der Waals surface area contributed by atoms with Gasteiger partial charge in [-0.2, -0.15) is 0 Å². The molecule has 0 aliphatic rings. The zero-order valence-corrected chi connectivity index (χ0v) is 40.6. The molecule has 0 saturated heterocycles. The quantitative estimate of drug-likeness (QED) is 0.0374. The third-order valence-corrected chi connectivity index (χ3v) is 11.0. The molecule has 0 spiro atoms. The molecule has 4 aromatic carbocycles. The Bertz CT molecular complexity index is 2910. The third-order valence-electron chi connectivity index (χ3n) is 10.1. The van der Waals surface area contributed by atoms with E-state index < -0.39 is 34.3 Å². The van der Waals surface area contributed by atoms with Crippen LogP contribution in [0.5, 0.6) is 5.75 Å². The summed E-state index contributed by atoms with van der Waals surface area (Å²) in [6.07, 6.45) is 2.64. The molecule has 3 aromatic heterocycles. The van der Waals surface area contributed by atoms with E-state index in [-0.39, 0.29) is 66.0 Å². The Kier molecular flexibility index (Phi) is 23.8. The van der Waals surface area contributed by atoms with Crippen molar-refractivity contribution in [1.82, 2.24) is 35.8 Å². The number of thiophene rings is 1. The van der Waals surface area contributed by atoms with Crippen molar-refractivity contribution in [1.29, 1.82) is 0 Å². The number of anilines is 4. The maximum atomic E-state index is 13.5. The van der Waals surface area contributed by atoms with Crippen molar-refractivity contribution in [2.24, 2.45) is 11.7 Å². The van der Waals surface area contributed by atoms with E-state index in [0.717, 1.165) is 16.7 Å². The van der Waals surface area contributed by atoms with E-state index in [1.807, 2.05) is 122 Å². The number of benzene rings is 4. The Morgan fingerprint density at radius 2 is 1.39 bits per heavy atom. The van der Waals surface area contributed by atoms with Crippen LogP contribution in [0.15, 0.2) is 153 Å². The highest BCUT2D eigenvalue weighted by atomic mass is 32.1. The fraction of sp³-hybridized carbons (Fsp3) is 0.231. The molecule has 18 nitrogen and oxygen atoms in total. The molecule has 1 atom stereocenters. The molecule has 0 bridgehead atoms. The predicted molar refractivity (Wildman–Crippen MR) is 285 cm³/mol. The number of pyridine rings is 1. The summed E-state index contributed by atoms with van der Waals surface area (Å²) >= 11 is 1.70. The van der Waals surface area contributed by atoms with Crippen LogP contribution in [0.25, 0.3) is 0 Å². The number of aromatic hydroxyl groups is 1. The number of nitrogens with zero attached hydrogens (tertiary/aromatic N) is 2. The molecular formula is C52H65N11O7S. The zero-order valence-electron chi connectivity index (χ0n) is 39.7. The van der Waals surface area contributed by atoms with Gasteiger partial charge in [-0.1, -0.05) is 131 Å². The van der Waals surface area contributed by atoms with Gasteiger partial charge >= 0.3 is 0 Å². The van der Waals surface area contributed by atoms with Crippen LogP contribution in [-0.2, 0) is 31.0 Å². The van der Waals surface area contributed by atoms with Gasteiger partial charge in [-0.05, 0) is 40.3 Å². The average molecular weight is 988 g/mol. The van der Waals surface area contributed by atoms with Gasteiger partial charge in [0.05, 0.1) is 29.4 Å². The summed E-state index contributed by atoms with van der Waals surface area (Å²) in [4.78, 5) is 80.4. The van der Waals surface area contributed by atoms with Crippen molar-refractivity contribution in [3.05, 3.63) is 203 Å². The summed E-state index contributed by atoms with van der Waals surface area (Å²) < 4.78 is 1.20. The molecule has 0 aliphatic carbocycles. The van der Waals surface area contributed by atoms with Gasteiger partial charge in [0.1, 0.15) is 16.9 Å². The van der Waals surface area contributed by atoms with Crippen LogP contribution in [0, 0.1) is 5.92 Å². The molecule has 1 unspecified atom stereocenters. The number of nitrogen functional groups attached to an aromatic ring is 1. The van der Waals surface area contributed by atoms with Crippen molar-refractivity contribution < 1.29 is 19.5 Å². The largest absolute Gasteiger partial charge is 0.505 e. The summed E-state index contributed by atoms with van der Waals surface area (Å²) in [6, 6.07) is 36.9. The molecule has 19 heteroatoms. The summed E-state index contributed by atoms with van der Waals surface area (Å²) in [5.41, 5.74) is 17.6. The van der Waals surface area contributed by atoms with E-state index in [9.17, 15) is 33.9 Å². The number of carbonyl (C=O) groups is 3. The topological polar surface area (TPSA) is 275 Å². The Balaban J connectivity index is 0.000000325. The van der Waals surface area contributed by atoms with Gasteiger partial charge < -0.3 is 42.4 Å². The van der Waals surface area contributed by atoms with Crippen molar-refractivity contribution in [3.63, 3.8) is 0 Å². The van der Waals surface area contributed by atoms with Crippen molar-refractivity contribution in [3.8, 4) is 5.75 Å². The zero-order chi connectivity index (χ0) is 51.0. The number of rotatable bonds is 16. The van der Waals surface area contributed by atoms with Gasteiger partial charge in [0.2, 0.25) is 11.3 Å². The van der Waals surface area contributed by atoms with Crippen molar-refractivity contribution in [2.45, 2.75) is 54.4 Å². The second-order valence-electron chi connectivity index (χ2n) is 15.2. The predicted octanol–water partition coefficient (Wildman–Crippen LogP) is 6.36. The molecule has 0 saturated carbocycles. The summed E-state index contributed by atoms with van der Waals surface area (Å²) in [5.74, 6) is -2.03. The number of amides is 3. The van der Waals surface area contributed by atoms with E-state index in [2.05, 4.69) is 36.9 Å². The highest BCUT2D eigenvalue weighted by Crippen LogP contribution is 2.31. The average Bonchev–Trinajstić information content (AvgIpc) is 3.93. The van der Waals surface area contributed by atoms with Crippen LogP contribution in [0.2, 0.25) is 0 Å². The molecule has 3 amide bonds. The molecule has 71 heavy (non-hydrogen) atoms. The van der Waals surface area contributed by atoms with Crippen LogP contribution < -0.4 is 54.8 Å². The van der Waals surface area contributed by atoms with Crippen molar-refractivity contribution >= 4 is 51.8 Å². The van der Waals surface area contributed by atoms with Gasteiger partial charge in [0, 0.05) is 57.5 Å². The standard InChI is InChI=1S/C26H25N5O4.C18H23N5O3.C5H7NS.C2H6.CH4/c1-27-24(33)19-13-8-14-20(23(19)32)29-22-21(28-15-17-9-4-2-5-10-17)25(34)30-31(26(22)35)16-18-11-6-3-7-12-18;1-12(17(25)22-21-8-13-6-4-3-5-7-13)11-23(2)18(26)14-9-20-10-15(19)16(14)24;6-4-5-2-1-3-7-5;1-2;/h2-14,28-29,32H,15-16H2,1H3,(H,27,33)(H,30,34);3-7,9-10,12,21H,8,11,19H2,1-2H3,(H,20,24)(H,22,25);1-3H,4,6H2;1-2H3;1H4. The first-order valence-electron chi connectivity index (χ1n) is 22.3. The first kappa shape index (κ1) is 57.1. The van der Waals surface area contributed by atoms with Gasteiger partial charge in [-0.25, -0.2) is 10.1 Å². The highest BCUT2D eigenvalue weighted by Gasteiger charge is 2.22. The molecular weight excluding hydrogens is 923 g/mol. The minimum absolute atomic E-state index is 0. The Morgan fingerprint density at radius 3 is 1.96 bits per heavy atom. The lowest BCUT2D eigenvalue weighted by Gasteiger charge is -2.21. The fourth-order valence-electron chi connectivity index (χ4n) is 6.45. The number of phenolic OH excluding ortho intramolecular Hbond substituents is 1. The molecule has 0 fully saturated rings. The SMILES string of the molecule is C.CC.CC(CN(C)C(=O)c1c[nH]cc(N)c1=O)C(=O)NNCc1ccccc1.CNC(=O)c1cccc(Nc2c(NCc3ccccc3)c(=O)[nH]n(Cc3ccccc3)c2=O)c1O.NCc1cccs1. The molecule has 0 aliphatic heterocycles. The lowest BCUT2D eigenvalue weighted by molar-refractivity contribution is -0.125. The van der Waals surface area contributed by atoms with E-state index >= 15 is 0 Å². The molecule has 7 aromatic rings. The van der Waals surface area contributed by atoms with Crippen molar-refractivity contribution in [2.75, 3.05) is 37.0 Å². The second-order valence-corrected chi connectivity index (χ2v) is 16.2. The van der Waals surface area contributed by atoms with Crippen LogP contribution in [0.3, 0.4) is 0 Å². The van der Waals surface area contributed by atoms with Gasteiger partial charge in [-0.3, -0.25) is 39.3 Å². The van der Waals surface area contributed by atoms with E-state index in [4.69, 9.17) is 11.5 Å². The fourth-order valence-corrected chi connectivity index (χ4v) is 7.04. The van der Waals surface area contributed by atoms with Crippen LogP contribution in [0.4, 0.5) is 22.7 Å². The number of para-hydroxylation sites is 1. The van der Waals surface area contributed by atoms with E-state index in [0.29, 0.717) is 19.6 Å². The molecule has 3 heterocycles. The van der Waals surface area contributed by atoms with Crippen LogP contribution in [0.1, 0.15) is 70.5 Å². The molecule has 12 N–H and O–H groups in total. The number of phenols is 1. The first-order valence-corrected chi connectivity index (χ1v) is 23.2. The van der Waals surface area contributed by atoms with E-state index in [1.54, 1.807) is 24.3 Å². The minimum Gasteiger partial charge on any atom is -0.505 e. The summed E-state index contributed by atoms with van der Waals surface area (Å²) in [6.45, 7) is 7.47. The lowest BCUT2D eigenvalue weighted by Crippen LogP contribution is -2.44. The summed E-state index contributed by atoms with van der Waals surface area (Å²) in [7, 11) is 2.98. The number of H-pyrrole nitrogens is 2. The lowest BCUT2D eigenvalue weighted by atomic mass is 10.1. The second kappa shape index (κ2) is 29.6. The third kappa shape index (κ3) is 17.0. The van der Waals surface area contributed by atoms with Gasteiger partial charge in [0.15, 0.2) is 5.75 Å². The number of hydrogen-bond acceptors (Lipinski definition) is 13. The number of hydrazine groups is 1. The maximum absolute atomic E-state index is 13.5. The summed E-state index contributed by atoms with van der Waals surface area (Å²) in [5, 5.41) is 23.7. The van der Waals surface area contributed by atoms with Crippen LogP contribution in [-0.4, -0.2) is 63.1 Å². The minimum atomic E-state index is -0.526. The van der Waals surface area contributed by atoms with Gasteiger partial charge in [-0.15, -0.1) is 11.3 Å². The van der Waals surface area contributed by atoms with Gasteiger partial charge in [0.25, 0.3) is 22.9 Å². The number of hydrogen-bond donors (Lipinski definition) is 10. The number of carbonyl (C=O) groups excluding carboxylic acids is 3. The monoisotopic (exact) mass is 987 g/mol. The highest BCUT2D eigenvalue weighted by molar-refractivity contribution is 7.09.